The summed E-state index contributed by atoms with van der Waals surface area (Å²) in [5, 5.41) is 7.08. The van der Waals surface area contributed by atoms with E-state index in [9.17, 15) is 9.59 Å². The van der Waals surface area contributed by atoms with Gasteiger partial charge in [-0.2, -0.15) is 0 Å². The molecule has 8 heteroatoms. The van der Waals surface area contributed by atoms with E-state index >= 15 is 0 Å². The maximum absolute atomic E-state index is 12.5. The van der Waals surface area contributed by atoms with Crippen molar-refractivity contribution in [3.8, 4) is 0 Å². The second-order valence-corrected chi connectivity index (χ2v) is 9.58. The van der Waals surface area contributed by atoms with Gasteiger partial charge in [-0.25, -0.2) is 4.99 Å². The lowest BCUT2D eigenvalue weighted by Gasteiger charge is -2.28. The number of hydrogen-bond acceptors (Lipinski definition) is 3. The molecule has 1 heterocycles. The van der Waals surface area contributed by atoms with Gasteiger partial charge in [-0.3, -0.25) is 9.59 Å². The van der Waals surface area contributed by atoms with Gasteiger partial charge < -0.3 is 20.4 Å². The molecule has 3 aliphatic rings. The fourth-order valence-corrected chi connectivity index (χ4v) is 5.55. The van der Waals surface area contributed by atoms with E-state index in [0.717, 1.165) is 11.5 Å². The maximum atomic E-state index is 12.5. The number of halogens is 1. The monoisotopic (exact) mass is 553 g/mol. The van der Waals surface area contributed by atoms with Crippen molar-refractivity contribution < 1.29 is 9.59 Å². The number of aliphatic imine (C=N–C) groups is 1. The van der Waals surface area contributed by atoms with Crippen molar-refractivity contribution in [1.29, 1.82) is 0 Å². The number of amides is 2. The van der Waals surface area contributed by atoms with Crippen LogP contribution in [0.1, 0.15) is 43.7 Å². The molecule has 2 N–H and O–H groups in total. The van der Waals surface area contributed by atoms with Crippen molar-refractivity contribution in [1.82, 2.24) is 20.4 Å². The Morgan fingerprint density at radius 2 is 1.94 bits per heavy atom. The summed E-state index contributed by atoms with van der Waals surface area (Å²) >= 11 is 0. The van der Waals surface area contributed by atoms with Crippen LogP contribution in [-0.4, -0.2) is 67.8 Å². The summed E-state index contributed by atoms with van der Waals surface area (Å²) in [5.74, 6) is 2.53. The smallest absolute Gasteiger partial charge is 0.243 e. The van der Waals surface area contributed by atoms with Gasteiger partial charge >= 0.3 is 0 Å². The Morgan fingerprint density at radius 3 is 2.56 bits per heavy atom. The van der Waals surface area contributed by atoms with Crippen LogP contribution in [0.15, 0.2) is 35.3 Å². The molecular formula is C24H36IN5O2. The first-order valence-corrected chi connectivity index (χ1v) is 11.5. The molecule has 32 heavy (non-hydrogen) atoms. The highest BCUT2D eigenvalue weighted by molar-refractivity contribution is 14.0. The van der Waals surface area contributed by atoms with Gasteiger partial charge in [0.05, 0.1) is 6.04 Å². The number of hydrogen-bond donors (Lipinski definition) is 2. The van der Waals surface area contributed by atoms with E-state index in [1.165, 1.54) is 25.7 Å². The van der Waals surface area contributed by atoms with Crippen LogP contribution in [0.2, 0.25) is 0 Å². The number of rotatable bonds is 6. The molecule has 0 spiro atoms. The standard InChI is InChI=1S/C24H35N5O2.HI/c1-28(2)22(31)15-26-24(27-20-12-16-9-10-18(20)11-16)25-14-19-13-21(30)29(3)23(19)17-7-5-4-6-8-17;/h4-8,16,18-20,23H,9-15H2,1-3H3,(H2,25,26,27);1H. The Kier molecular flexibility index (Phi) is 8.41. The molecule has 3 fully saturated rings. The summed E-state index contributed by atoms with van der Waals surface area (Å²) in [6.07, 6.45) is 5.63. The van der Waals surface area contributed by atoms with Crippen LogP contribution >= 0.6 is 24.0 Å². The van der Waals surface area contributed by atoms with E-state index in [4.69, 9.17) is 0 Å². The number of carbonyl (C=O) groups excluding carboxylic acids is 2. The average molecular weight is 553 g/mol. The summed E-state index contributed by atoms with van der Waals surface area (Å²) < 4.78 is 0. The summed E-state index contributed by atoms with van der Waals surface area (Å²) in [5.41, 5.74) is 1.16. The lowest BCUT2D eigenvalue weighted by atomic mass is 9.93. The second-order valence-electron chi connectivity index (χ2n) is 9.58. The normalized spacial score (nSPS) is 29.1. The van der Waals surface area contributed by atoms with E-state index in [1.807, 2.05) is 30.1 Å². The molecule has 1 aliphatic heterocycles. The summed E-state index contributed by atoms with van der Waals surface area (Å²) in [6.45, 7) is 0.757. The number of likely N-dealkylation sites (tertiary alicyclic amines) is 1. The minimum Gasteiger partial charge on any atom is -0.356 e. The molecule has 4 rings (SSSR count). The Balaban J connectivity index is 0.00000289. The number of nitrogens with one attached hydrogen (secondary N) is 2. The van der Waals surface area contributed by atoms with Gasteiger partial charge in [0.2, 0.25) is 11.8 Å². The molecule has 2 amide bonds. The molecule has 1 saturated heterocycles. The molecule has 176 valence electrons. The molecule has 1 aromatic carbocycles. The lowest BCUT2D eigenvalue weighted by molar-refractivity contribution is -0.128. The molecule has 7 nitrogen and oxygen atoms in total. The first kappa shape index (κ1) is 24.8. The first-order valence-electron chi connectivity index (χ1n) is 11.5. The SMILES string of the molecule is CN(C)C(=O)CN=C(NCC1CC(=O)N(C)C1c1ccccc1)NC1CC2CCC1C2.I. The summed E-state index contributed by atoms with van der Waals surface area (Å²) in [6, 6.07) is 10.7. The molecule has 2 bridgehead atoms. The van der Waals surface area contributed by atoms with Crippen LogP contribution in [0.25, 0.3) is 0 Å². The average Bonchev–Trinajstić information content (AvgIpc) is 3.45. The van der Waals surface area contributed by atoms with Crippen molar-refractivity contribution in [2.75, 3.05) is 34.2 Å². The van der Waals surface area contributed by atoms with E-state index in [-0.39, 0.29) is 54.3 Å². The van der Waals surface area contributed by atoms with Crippen molar-refractivity contribution in [3.63, 3.8) is 0 Å². The minimum atomic E-state index is -0.0213. The topological polar surface area (TPSA) is 77.0 Å². The number of carbonyl (C=O) groups is 2. The fraction of sp³-hybridized carbons (Fsp3) is 0.625. The Morgan fingerprint density at radius 1 is 1.19 bits per heavy atom. The summed E-state index contributed by atoms with van der Waals surface area (Å²) in [4.78, 5) is 32.6. The van der Waals surface area contributed by atoms with Crippen LogP contribution in [0.3, 0.4) is 0 Å². The number of fused-ring (bicyclic) bond motifs is 2. The summed E-state index contributed by atoms with van der Waals surface area (Å²) in [7, 11) is 5.38. The van der Waals surface area contributed by atoms with Crippen LogP contribution < -0.4 is 10.6 Å². The Bertz CT molecular complexity index is 831. The lowest BCUT2D eigenvalue weighted by Crippen LogP contribution is -2.47. The Hall–Kier alpha value is -1.84. The highest BCUT2D eigenvalue weighted by Gasteiger charge is 2.41. The predicted molar refractivity (Wildman–Crippen MR) is 137 cm³/mol. The van der Waals surface area contributed by atoms with Gasteiger partial charge in [0.25, 0.3) is 0 Å². The molecule has 2 saturated carbocycles. The van der Waals surface area contributed by atoms with Gasteiger partial charge in [-0.1, -0.05) is 36.8 Å². The van der Waals surface area contributed by atoms with Crippen LogP contribution in [-0.2, 0) is 9.59 Å². The van der Waals surface area contributed by atoms with Gasteiger partial charge in [-0.15, -0.1) is 24.0 Å². The van der Waals surface area contributed by atoms with Crippen LogP contribution in [0.4, 0.5) is 0 Å². The van der Waals surface area contributed by atoms with E-state index in [0.29, 0.717) is 30.9 Å². The number of benzene rings is 1. The zero-order valence-electron chi connectivity index (χ0n) is 19.3. The highest BCUT2D eigenvalue weighted by atomic mass is 127. The minimum absolute atomic E-state index is 0. The zero-order chi connectivity index (χ0) is 22.0. The van der Waals surface area contributed by atoms with Crippen LogP contribution in [0, 0.1) is 17.8 Å². The molecular weight excluding hydrogens is 517 g/mol. The molecule has 2 aliphatic carbocycles. The van der Waals surface area contributed by atoms with Crippen molar-refractivity contribution in [3.05, 3.63) is 35.9 Å². The van der Waals surface area contributed by atoms with Crippen molar-refractivity contribution >= 4 is 41.8 Å². The maximum Gasteiger partial charge on any atom is 0.243 e. The van der Waals surface area contributed by atoms with Crippen molar-refractivity contribution in [2.24, 2.45) is 22.7 Å². The molecule has 1 aromatic rings. The van der Waals surface area contributed by atoms with Gasteiger partial charge in [0, 0.05) is 46.1 Å². The van der Waals surface area contributed by atoms with E-state index < -0.39 is 0 Å². The van der Waals surface area contributed by atoms with Gasteiger partial charge in [0.15, 0.2) is 5.96 Å². The third kappa shape index (κ3) is 5.55. The number of nitrogens with zero attached hydrogens (tertiary/aromatic N) is 3. The molecule has 0 aromatic heterocycles. The number of likely N-dealkylation sites (N-methyl/N-ethyl adjacent to an activating group) is 1. The van der Waals surface area contributed by atoms with E-state index in [1.54, 1.807) is 19.0 Å². The largest absolute Gasteiger partial charge is 0.356 e. The van der Waals surface area contributed by atoms with Crippen molar-refractivity contribution in [2.45, 2.75) is 44.2 Å². The highest BCUT2D eigenvalue weighted by Crippen LogP contribution is 2.44. The Labute approximate surface area is 208 Å². The van der Waals surface area contributed by atoms with Gasteiger partial charge in [0.1, 0.15) is 6.54 Å². The third-order valence-corrected chi connectivity index (χ3v) is 7.30. The number of guanidine groups is 1. The predicted octanol–water partition coefficient (Wildman–Crippen LogP) is 2.64. The second kappa shape index (κ2) is 10.9. The van der Waals surface area contributed by atoms with Gasteiger partial charge in [-0.05, 0) is 36.7 Å². The first-order chi connectivity index (χ1) is 14.9. The van der Waals surface area contributed by atoms with E-state index in [2.05, 4.69) is 27.8 Å². The third-order valence-electron chi connectivity index (χ3n) is 7.30. The molecule has 0 radical (unpaired) electrons. The zero-order valence-corrected chi connectivity index (χ0v) is 21.6. The van der Waals surface area contributed by atoms with Crippen LogP contribution in [0.5, 0.6) is 0 Å². The fourth-order valence-electron chi connectivity index (χ4n) is 5.55. The molecule has 5 unspecified atom stereocenters. The quantitative estimate of drug-likeness (QED) is 0.323. The molecule has 5 atom stereocenters.